The molecule has 4 aromatic rings. The van der Waals surface area contributed by atoms with E-state index >= 15 is 0 Å². The van der Waals surface area contributed by atoms with E-state index in [1.807, 2.05) is 30.3 Å². The SMILES string of the molecule is NC1CCN(c2ccc3nc(Nc4cc(Cc5ccccc5)nc(NC5CCC(O)CC5)n4)sc3n2)CC1. The van der Waals surface area contributed by atoms with E-state index < -0.39 is 0 Å². The molecule has 1 saturated carbocycles. The number of hydrogen-bond donors (Lipinski definition) is 4. The van der Waals surface area contributed by atoms with Crippen molar-refractivity contribution in [3.8, 4) is 0 Å². The maximum absolute atomic E-state index is 9.88. The molecule has 1 saturated heterocycles. The molecule has 1 aromatic carbocycles. The van der Waals surface area contributed by atoms with Gasteiger partial charge in [-0.3, -0.25) is 0 Å². The molecule has 4 heterocycles. The first-order valence-corrected chi connectivity index (χ1v) is 14.3. The van der Waals surface area contributed by atoms with Gasteiger partial charge < -0.3 is 26.4 Å². The molecule has 38 heavy (non-hydrogen) atoms. The number of thiazole rings is 1. The molecule has 2 aliphatic rings. The molecule has 0 atom stereocenters. The van der Waals surface area contributed by atoms with Crippen molar-refractivity contribution in [2.24, 2.45) is 5.73 Å². The number of rotatable bonds is 7. The van der Waals surface area contributed by atoms with Crippen LogP contribution in [0, 0.1) is 0 Å². The standard InChI is InChI=1S/C28H34N8OS/c29-19-12-14-36(15-13-19)25-11-10-23-26(35-25)38-28(32-23)34-24-17-21(16-18-4-2-1-3-5-18)31-27(33-24)30-20-6-8-22(37)9-7-20/h1-5,10-11,17,19-20,22,37H,6-9,12-16,29H2,(H2,30,31,32,33,34). The summed E-state index contributed by atoms with van der Waals surface area (Å²) >= 11 is 1.53. The Kier molecular flexibility index (Phi) is 7.35. The molecule has 0 amide bonds. The number of nitrogens with two attached hydrogens (primary N) is 1. The molecule has 9 nitrogen and oxygen atoms in total. The van der Waals surface area contributed by atoms with Crippen molar-refractivity contribution in [2.45, 2.75) is 63.1 Å². The lowest BCUT2D eigenvalue weighted by Crippen LogP contribution is -2.40. The van der Waals surface area contributed by atoms with Crippen LogP contribution in [-0.4, -0.2) is 56.3 Å². The van der Waals surface area contributed by atoms with Gasteiger partial charge in [-0.05, 0) is 56.2 Å². The Labute approximate surface area is 226 Å². The van der Waals surface area contributed by atoms with Crippen LogP contribution in [0.4, 0.5) is 22.7 Å². The second-order valence-corrected chi connectivity index (χ2v) is 11.3. The van der Waals surface area contributed by atoms with E-state index in [0.717, 1.165) is 78.6 Å². The second kappa shape index (κ2) is 11.2. The Morgan fingerprint density at radius 2 is 1.71 bits per heavy atom. The van der Waals surface area contributed by atoms with Gasteiger partial charge in [0.2, 0.25) is 5.95 Å². The van der Waals surface area contributed by atoms with Crippen molar-refractivity contribution in [3.05, 3.63) is 59.8 Å². The van der Waals surface area contributed by atoms with Gasteiger partial charge >= 0.3 is 0 Å². The van der Waals surface area contributed by atoms with Crippen molar-refractivity contribution < 1.29 is 5.11 Å². The van der Waals surface area contributed by atoms with Crippen molar-refractivity contribution in [2.75, 3.05) is 28.6 Å². The number of hydrogen-bond acceptors (Lipinski definition) is 10. The van der Waals surface area contributed by atoms with Crippen LogP contribution in [0.25, 0.3) is 10.3 Å². The first-order chi connectivity index (χ1) is 18.6. The summed E-state index contributed by atoms with van der Waals surface area (Å²) in [5, 5.41) is 17.6. The van der Waals surface area contributed by atoms with Crippen LogP contribution in [0.1, 0.15) is 49.8 Å². The zero-order valence-electron chi connectivity index (χ0n) is 21.4. The molecule has 0 spiro atoms. The van der Waals surface area contributed by atoms with E-state index in [-0.39, 0.29) is 18.2 Å². The summed E-state index contributed by atoms with van der Waals surface area (Å²) in [6.07, 6.45) is 5.92. The summed E-state index contributed by atoms with van der Waals surface area (Å²) in [6.45, 7) is 1.87. The Morgan fingerprint density at radius 1 is 0.921 bits per heavy atom. The van der Waals surface area contributed by atoms with Crippen LogP contribution in [0.2, 0.25) is 0 Å². The maximum atomic E-state index is 9.88. The fourth-order valence-corrected chi connectivity index (χ4v) is 6.04. The summed E-state index contributed by atoms with van der Waals surface area (Å²) < 4.78 is 0. The normalized spacial score (nSPS) is 20.5. The first-order valence-electron chi connectivity index (χ1n) is 13.5. The monoisotopic (exact) mass is 530 g/mol. The second-order valence-electron chi connectivity index (χ2n) is 10.3. The van der Waals surface area contributed by atoms with E-state index in [2.05, 4.69) is 33.7 Å². The number of piperidine rings is 1. The van der Waals surface area contributed by atoms with Gasteiger partial charge in [-0.25, -0.2) is 15.0 Å². The van der Waals surface area contributed by atoms with Crippen LogP contribution < -0.4 is 21.3 Å². The van der Waals surface area contributed by atoms with Crippen molar-refractivity contribution in [3.63, 3.8) is 0 Å². The Hall–Kier alpha value is -3.34. The lowest BCUT2D eigenvalue weighted by Gasteiger charge is -2.30. The van der Waals surface area contributed by atoms with Crippen LogP contribution in [0.5, 0.6) is 0 Å². The zero-order chi connectivity index (χ0) is 25.9. The van der Waals surface area contributed by atoms with Crippen molar-refractivity contribution in [1.29, 1.82) is 0 Å². The highest BCUT2D eigenvalue weighted by Gasteiger charge is 2.21. The van der Waals surface area contributed by atoms with Gasteiger partial charge in [0.25, 0.3) is 0 Å². The highest BCUT2D eigenvalue weighted by Crippen LogP contribution is 2.30. The minimum atomic E-state index is -0.198. The lowest BCUT2D eigenvalue weighted by atomic mass is 9.93. The molecular weight excluding hydrogens is 496 g/mol. The smallest absolute Gasteiger partial charge is 0.225 e. The summed E-state index contributed by atoms with van der Waals surface area (Å²) in [7, 11) is 0. The van der Waals surface area contributed by atoms with Gasteiger partial charge in [0.05, 0.1) is 11.8 Å². The Morgan fingerprint density at radius 3 is 2.50 bits per heavy atom. The molecule has 0 bridgehead atoms. The highest BCUT2D eigenvalue weighted by atomic mass is 32.1. The van der Waals surface area contributed by atoms with Crippen molar-refractivity contribution >= 4 is 44.4 Å². The Balaban J connectivity index is 1.23. The largest absolute Gasteiger partial charge is 0.393 e. The topological polar surface area (TPSA) is 125 Å². The van der Waals surface area contributed by atoms with Gasteiger partial charge in [-0.1, -0.05) is 41.7 Å². The molecule has 0 radical (unpaired) electrons. The minimum Gasteiger partial charge on any atom is -0.393 e. The molecule has 1 aliphatic carbocycles. The summed E-state index contributed by atoms with van der Waals surface area (Å²) in [6, 6.07) is 17.0. The van der Waals surface area contributed by atoms with Gasteiger partial charge in [0, 0.05) is 37.7 Å². The Bertz CT molecular complexity index is 1360. The van der Waals surface area contributed by atoms with E-state index in [9.17, 15) is 5.11 Å². The average molecular weight is 531 g/mol. The summed E-state index contributed by atoms with van der Waals surface area (Å²) in [4.78, 5) is 22.5. The predicted octanol–water partition coefficient (Wildman–Crippen LogP) is 4.46. The lowest BCUT2D eigenvalue weighted by molar-refractivity contribution is 0.126. The number of nitrogens with one attached hydrogen (secondary N) is 2. The van der Waals surface area contributed by atoms with Crippen molar-refractivity contribution in [1.82, 2.24) is 19.9 Å². The number of nitrogens with zero attached hydrogens (tertiary/aromatic N) is 5. The van der Waals surface area contributed by atoms with Gasteiger partial charge in [0.15, 0.2) is 5.13 Å². The van der Waals surface area contributed by atoms with Crippen LogP contribution in [0.3, 0.4) is 0 Å². The quantitative estimate of drug-likeness (QED) is 0.274. The van der Waals surface area contributed by atoms with E-state index in [4.69, 9.17) is 25.7 Å². The van der Waals surface area contributed by atoms with Gasteiger partial charge in [0.1, 0.15) is 22.0 Å². The summed E-state index contributed by atoms with van der Waals surface area (Å²) in [5.41, 5.74) is 9.07. The molecular formula is C28H34N8OS. The van der Waals surface area contributed by atoms with Gasteiger partial charge in [-0.2, -0.15) is 4.98 Å². The molecule has 198 valence electrons. The minimum absolute atomic E-state index is 0.198. The number of aliphatic hydroxyl groups is 1. The summed E-state index contributed by atoms with van der Waals surface area (Å²) in [5.74, 6) is 2.29. The highest BCUT2D eigenvalue weighted by molar-refractivity contribution is 7.21. The van der Waals surface area contributed by atoms with Crippen LogP contribution >= 0.6 is 11.3 Å². The average Bonchev–Trinajstić information content (AvgIpc) is 3.32. The molecule has 3 aromatic heterocycles. The van der Waals surface area contributed by atoms with E-state index in [1.54, 1.807) is 0 Å². The zero-order valence-corrected chi connectivity index (χ0v) is 22.2. The van der Waals surface area contributed by atoms with Crippen LogP contribution in [-0.2, 0) is 6.42 Å². The molecule has 5 N–H and O–H groups in total. The van der Waals surface area contributed by atoms with E-state index in [0.29, 0.717) is 18.2 Å². The molecule has 6 rings (SSSR count). The number of anilines is 4. The molecule has 10 heteroatoms. The van der Waals surface area contributed by atoms with Gasteiger partial charge in [-0.15, -0.1) is 0 Å². The first kappa shape index (κ1) is 25.0. The number of aliphatic hydroxyl groups excluding tert-OH is 1. The fourth-order valence-electron chi connectivity index (χ4n) is 5.20. The molecule has 0 unspecified atom stereocenters. The van der Waals surface area contributed by atoms with Crippen LogP contribution in [0.15, 0.2) is 48.5 Å². The number of fused-ring (bicyclic) bond motifs is 1. The fraction of sp³-hybridized carbons (Fsp3) is 0.429. The molecule has 2 fully saturated rings. The third-order valence-corrected chi connectivity index (χ3v) is 8.26. The number of pyridine rings is 1. The number of benzene rings is 1. The third kappa shape index (κ3) is 6.03. The number of aromatic nitrogens is 4. The van der Waals surface area contributed by atoms with E-state index in [1.165, 1.54) is 16.9 Å². The third-order valence-electron chi connectivity index (χ3n) is 7.38. The predicted molar refractivity (Wildman–Crippen MR) is 153 cm³/mol. The maximum Gasteiger partial charge on any atom is 0.225 e. The molecule has 1 aliphatic heterocycles.